The Hall–Kier alpha value is -0.320. The molecule has 0 spiro atoms. The summed E-state index contributed by atoms with van der Waals surface area (Å²) in [7, 11) is 0. The first kappa shape index (κ1) is 12.7. The summed E-state index contributed by atoms with van der Waals surface area (Å²) in [6, 6.07) is 10.2. The van der Waals surface area contributed by atoms with Crippen LogP contribution in [0.1, 0.15) is 12.0 Å². The van der Waals surface area contributed by atoms with Crippen LogP contribution in [0.3, 0.4) is 0 Å². The fourth-order valence-corrected chi connectivity index (χ4v) is 2.99. The highest BCUT2D eigenvalue weighted by atomic mass is 32.2. The number of rotatable bonds is 5. The zero-order valence-electron chi connectivity index (χ0n) is 8.22. The minimum atomic E-state index is 0.580. The first-order valence-electron chi connectivity index (χ1n) is 4.60. The molecule has 0 aliphatic carbocycles. The molecule has 15 heavy (non-hydrogen) atoms. The van der Waals surface area contributed by atoms with Gasteiger partial charge in [0.25, 0.3) is 0 Å². The molecule has 4 heteroatoms. The van der Waals surface area contributed by atoms with E-state index in [4.69, 9.17) is 12.2 Å². The van der Waals surface area contributed by atoms with E-state index in [0.717, 1.165) is 21.3 Å². The number of hydrogen-bond donors (Lipinski definition) is 0. The number of thiocarbonyl (C=S) groups is 1. The van der Waals surface area contributed by atoms with Crippen molar-refractivity contribution in [3.63, 3.8) is 0 Å². The van der Waals surface area contributed by atoms with E-state index in [0.29, 0.717) is 6.42 Å². The lowest BCUT2D eigenvalue weighted by Crippen LogP contribution is -1.87. The molecule has 0 radical (unpaired) electrons. The molecule has 0 aromatic heterocycles. The maximum atomic E-state index is 10.1. The molecule has 0 N–H and O–H groups in total. The van der Waals surface area contributed by atoms with E-state index < -0.39 is 0 Å². The SMILES string of the molecule is O=CCCSC(=S)SCc1ccccc1. The second-order valence-corrected chi connectivity index (χ2v) is 6.10. The van der Waals surface area contributed by atoms with E-state index in [1.807, 2.05) is 18.2 Å². The molecular weight excluding hydrogens is 244 g/mol. The summed E-state index contributed by atoms with van der Waals surface area (Å²) >= 11 is 8.42. The Labute approximate surface area is 104 Å². The molecule has 1 aromatic rings. The summed E-state index contributed by atoms with van der Waals surface area (Å²) in [6.07, 6.45) is 1.51. The van der Waals surface area contributed by atoms with Gasteiger partial charge < -0.3 is 4.79 Å². The minimum absolute atomic E-state index is 0.580. The van der Waals surface area contributed by atoms with Gasteiger partial charge in [-0.3, -0.25) is 0 Å². The van der Waals surface area contributed by atoms with Gasteiger partial charge in [0.1, 0.15) is 9.81 Å². The zero-order chi connectivity index (χ0) is 10.9. The Morgan fingerprint density at radius 3 is 2.67 bits per heavy atom. The van der Waals surface area contributed by atoms with Crippen molar-refractivity contribution in [2.75, 3.05) is 5.75 Å². The Morgan fingerprint density at radius 1 is 1.27 bits per heavy atom. The highest BCUT2D eigenvalue weighted by Gasteiger charge is 1.99. The summed E-state index contributed by atoms with van der Waals surface area (Å²) in [4.78, 5) is 10.1. The van der Waals surface area contributed by atoms with Crippen LogP contribution < -0.4 is 0 Å². The van der Waals surface area contributed by atoms with Crippen molar-refractivity contribution in [2.24, 2.45) is 0 Å². The number of aldehydes is 1. The Morgan fingerprint density at radius 2 is 2.00 bits per heavy atom. The normalized spacial score (nSPS) is 9.87. The highest BCUT2D eigenvalue weighted by molar-refractivity contribution is 8.46. The van der Waals surface area contributed by atoms with Gasteiger partial charge in [0.15, 0.2) is 0 Å². The molecule has 0 aliphatic rings. The number of benzene rings is 1. The van der Waals surface area contributed by atoms with Crippen LogP contribution >= 0.6 is 35.7 Å². The monoisotopic (exact) mass is 256 g/mol. The summed E-state index contributed by atoms with van der Waals surface area (Å²) in [5.41, 5.74) is 1.28. The van der Waals surface area contributed by atoms with Crippen LogP contribution in [0, 0.1) is 0 Å². The number of carbonyl (C=O) groups excluding carboxylic acids is 1. The Kier molecular flexibility index (Phi) is 6.72. The van der Waals surface area contributed by atoms with E-state index >= 15 is 0 Å². The number of carbonyl (C=O) groups is 1. The lowest BCUT2D eigenvalue weighted by Gasteiger charge is -2.01. The molecule has 1 aromatic carbocycles. The van der Waals surface area contributed by atoms with Crippen LogP contribution in [-0.4, -0.2) is 15.6 Å². The molecule has 1 rings (SSSR count). The third-order valence-corrected chi connectivity index (χ3v) is 4.46. The molecule has 0 saturated heterocycles. The standard InChI is InChI=1S/C11H12OS3/c12-7-4-8-14-11(13)15-9-10-5-2-1-3-6-10/h1-3,5-7H,4,8-9H2. The molecule has 80 valence electrons. The van der Waals surface area contributed by atoms with E-state index in [2.05, 4.69) is 12.1 Å². The molecule has 0 amide bonds. The second kappa shape index (κ2) is 7.91. The maximum absolute atomic E-state index is 10.1. The average molecular weight is 256 g/mol. The summed E-state index contributed by atoms with van der Waals surface area (Å²) in [6.45, 7) is 0. The van der Waals surface area contributed by atoms with Gasteiger partial charge in [-0.05, 0) is 5.56 Å². The first-order valence-corrected chi connectivity index (χ1v) is 6.98. The fourth-order valence-electron chi connectivity index (χ4n) is 0.949. The van der Waals surface area contributed by atoms with Gasteiger partial charge in [0.05, 0.1) is 0 Å². The minimum Gasteiger partial charge on any atom is -0.303 e. The second-order valence-electron chi connectivity index (χ2n) is 2.83. The molecule has 0 unspecified atom stereocenters. The van der Waals surface area contributed by atoms with Crippen molar-refractivity contribution in [2.45, 2.75) is 12.2 Å². The highest BCUT2D eigenvalue weighted by Crippen LogP contribution is 2.21. The van der Waals surface area contributed by atoms with Gasteiger partial charge >= 0.3 is 0 Å². The van der Waals surface area contributed by atoms with E-state index in [-0.39, 0.29) is 0 Å². The van der Waals surface area contributed by atoms with Gasteiger partial charge in [-0.15, -0.1) is 23.5 Å². The molecule has 1 nitrogen and oxygen atoms in total. The molecule has 0 heterocycles. The van der Waals surface area contributed by atoms with Gasteiger partial charge in [-0.25, -0.2) is 0 Å². The van der Waals surface area contributed by atoms with Crippen LogP contribution in [0.2, 0.25) is 0 Å². The maximum Gasteiger partial charge on any atom is 0.120 e. The van der Waals surface area contributed by atoms with Crippen LogP contribution in [0.5, 0.6) is 0 Å². The van der Waals surface area contributed by atoms with E-state index in [1.54, 1.807) is 23.5 Å². The molecule has 0 saturated carbocycles. The molecule has 0 fully saturated rings. The van der Waals surface area contributed by atoms with Gasteiger partial charge in [0.2, 0.25) is 0 Å². The molecule has 0 bridgehead atoms. The van der Waals surface area contributed by atoms with Gasteiger partial charge in [-0.2, -0.15) is 0 Å². The van der Waals surface area contributed by atoms with E-state index in [1.165, 1.54) is 5.56 Å². The lowest BCUT2D eigenvalue weighted by molar-refractivity contribution is -0.107. The smallest absolute Gasteiger partial charge is 0.120 e. The van der Waals surface area contributed by atoms with Crippen molar-refractivity contribution in [3.05, 3.63) is 35.9 Å². The summed E-state index contributed by atoms with van der Waals surface area (Å²) < 4.78 is 0.917. The predicted octanol–water partition coefficient (Wildman–Crippen LogP) is 3.53. The zero-order valence-corrected chi connectivity index (χ0v) is 10.7. The molecular formula is C11H12OS3. The summed E-state index contributed by atoms with van der Waals surface area (Å²) in [5.74, 6) is 1.71. The first-order chi connectivity index (χ1) is 7.33. The topological polar surface area (TPSA) is 17.1 Å². The van der Waals surface area contributed by atoms with E-state index in [9.17, 15) is 4.79 Å². The third-order valence-electron chi connectivity index (χ3n) is 1.66. The van der Waals surface area contributed by atoms with Crippen LogP contribution in [-0.2, 0) is 10.5 Å². The molecule has 0 atom stereocenters. The van der Waals surface area contributed by atoms with Crippen molar-refractivity contribution >= 4 is 45.6 Å². The Bertz CT molecular complexity index is 311. The lowest BCUT2D eigenvalue weighted by atomic mass is 10.2. The average Bonchev–Trinajstić information content (AvgIpc) is 2.28. The van der Waals surface area contributed by atoms with Crippen LogP contribution in [0.15, 0.2) is 30.3 Å². The van der Waals surface area contributed by atoms with Gasteiger partial charge in [-0.1, -0.05) is 42.5 Å². The predicted molar refractivity (Wildman–Crippen MR) is 73.5 cm³/mol. The quantitative estimate of drug-likeness (QED) is 0.455. The number of thioether (sulfide) groups is 2. The number of hydrogen-bond acceptors (Lipinski definition) is 4. The van der Waals surface area contributed by atoms with Crippen LogP contribution in [0.4, 0.5) is 0 Å². The van der Waals surface area contributed by atoms with Crippen molar-refractivity contribution < 1.29 is 4.79 Å². The fraction of sp³-hybridized carbons (Fsp3) is 0.273. The Balaban J connectivity index is 2.20. The van der Waals surface area contributed by atoms with Crippen LogP contribution in [0.25, 0.3) is 0 Å². The summed E-state index contributed by atoms with van der Waals surface area (Å²) in [5, 5.41) is 0. The van der Waals surface area contributed by atoms with Gasteiger partial charge in [0, 0.05) is 17.9 Å². The van der Waals surface area contributed by atoms with Crippen molar-refractivity contribution in [1.29, 1.82) is 0 Å². The van der Waals surface area contributed by atoms with Crippen molar-refractivity contribution in [1.82, 2.24) is 0 Å². The third kappa shape index (κ3) is 5.97. The largest absolute Gasteiger partial charge is 0.303 e. The molecule has 0 aliphatic heterocycles. The van der Waals surface area contributed by atoms with Crippen molar-refractivity contribution in [3.8, 4) is 0 Å².